The lowest BCUT2D eigenvalue weighted by atomic mass is 10.1. The zero-order valence-corrected chi connectivity index (χ0v) is 10.1. The van der Waals surface area contributed by atoms with Crippen LogP contribution in [0.15, 0.2) is 22.7 Å². The molecule has 96 valence electrons. The van der Waals surface area contributed by atoms with Crippen LogP contribution in [0.1, 0.15) is 18.1 Å². The molecule has 1 atom stereocenters. The van der Waals surface area contributed by atoms with E-state index in [0.717, 1.165) is 12.1 Å². The third kappa shape index (κ3) is 4.53. The lowest BCUT2D eigenvalue weighted by Gasteiger charge is -2.14. The number of hydrogen-bond acceptors (Lipinski definition) is 3. The zero-order valence-electron chi connectivity index (χ0n) is 8.54. The Hall–Kier alpha value is -0.790. The van der Waals surface area contributed by atoms with E-state index in [0.29, 0.717) is 4.47 Å². The van der Waals surface area contributed by atoms with Gasteiger partial charge in [0.05, 0.1) is 6.10 Å². The first-order valence-electron chi connectivity index (χ1n) is 4.67. The molecule has 0 aliphatic heterocycles. The first kappa shape index (κ1) is 14.3. The maximum absolute atomic E-state index is 12.0. The number of hydrogen-bond donors (Lipinski definition) is 2. The van der Waals surface area contributed by atoms with Crippen molar-refractivity contribution in [2.45, 2.75) is 18.9 Å². The second-order valence-corrected chi connectivity index (χ2v) is 4.11. The molecule has 0 radical (unpaired) electrons. The van der Waals surface area contributed by atoms with Crippen molar-refractivity contribution in [1.29, 1.82) is 0 Å². The minimum Gasteiger partial charge on any atom is -0.406 e. The topological polar surface area (TPSA) is 49.7 Å². The summed E-state index contributed by atoms with van der Waals surface area (Å²) < 4.78 is 40.1. The van der Waals surface area contributed by atoms with Crippen LogP contribution in [0.3, 0.4) is 0 Å². The number of alkyl halides is 3. The first-order valence-corrected chi connectivity index (χ1v) is 5.47. The standard InChI is InChI=1S/C10H10BrF3O3/c11-8-2-1-6(17-10(12,13)14)5-7(8)9(16)3-4-15/h1-2,5,9,15-16H,3-4H2/t9-/m0/s1. The van der Waals surface area contributed by atoms with Crippen molar-refractivity contribution in [3.8, 4) is 5.75 Å². The summed E-state index contributed by atoms with van der Waals surface area (Å²) in [5.41, 5.74) is 0.237. The molecule has 3 nitrogen and oxygen atoms in total. The zero-order chi connectivity index (χ0) is 13.1. The summed E-state index contributed by atoms with van der Waals surface area (Å²) in [6, 6.07) is 3.56. The maximum atomic E-state index is 12.0. The van der Waals surface area contributed by atoms with Crippen LogP contribution in [0.5, 0.6) is 5.75 Å². The van der Waals surface area contributed by atoms with Gasteiger partial charge in [-0.1, -0.05) is 15.9 Å². The van der Waals surface area contributed by atoms with Gasteiger partial charge in [0.2, 0.25) is 0 Å². The summed E-state index contributed by atoms with van der Waals surface area (Å²) in [6.07, 6.45) is -5.78. The van der Waals surface area contributed by atoms with Crippen molar-refractivity contribution < 1.29 is 28.1 Å². The van der Waals surface area contributed by atoms with Gasteiger partial charge in [0.15, 0.2) is 0 Å². The average Bonchev–Trinajstić information content (AvgIpc) is 2.19. The molecule has 0 aromatic heterocycles. The van der Waals surface area contributed by atoms with Gasteiger partial charge < -0.3 is 14.9 Å². The fourth-order valence-electron chi connectivity index (χ4n) is 1.25. The van der Waals surface area contributed by atoms with E-state index in [1.807, 2.05) is 0 Å². The second-order valence-electron chi connectivity index (χ2n) is 3.26. The van der Waals surface area contributed by atoms with Crippen LogP contribution in [0, 0.1) is 0 Å². The van der Waals surface area contributed by atoms with Crippen LogP contribution >= 0.6 is 15.9 Å². The van der Waals surface area contributed by atoms with E-state index in [1.165, 1.54) is 6.07 Å². The fourth-order valence-corrected chi connectivity index (χ4v) is 1.76. The van der Waals surface area contributed by atoms with Crippen molar-refractivity contribution in [3.05, 3.63) is 28.2 Å². The summed E-state index contributed by atoms with van der Waals surface area (Å²) in [5, 5.41) is 18.3. The minimum absolute atomic E-state index is 0.0358. The molecule has 2 N–H and O–H groups in total. The molecule has 0 saturated heterocycles. The Morgan fingerprint density at radius 1 is 1.35 bits per heavy atom. The van der Waals surface area contributed by atoms with E-state index in [9.17, 15) is 18.3 Å². The molecule has 17 heavy (non-hydrogen) atoms. The second kappa shape index (κ2) is 5.70. The number of benzene rings is 1. The van der Waals surface area contributed by atoms with Crippen LogP contribution < -0.4 is 4.74 Å². The highest BCUT2D eigenvalue weighted by Crippen LogP contribution is 2.31. The molecule has 1 aromatic carbocycles. The molecular weight excluding hydrogens is 305 g/mol. The molecule has 0 saturated carbocycles. The summed E-state index contributed by atoms with van der Waals surface area (Å²) in [6.45, 7) is -0.266. The van der Waals surface area contributed by atoms with E-state index in [1.54, 1.807) is 0 Å². The van der Waals surface area contributed by atoms with Crippen LogP contribution in [0.4, 0.5) is 13.2 Å². The molecule has 0 unspecified atom stereocenters. The van der Waals surface area contributed by atoms with Crippen LogP contribution in [-0.2, 0) is 0 Å². The van der Waals surface area contributed by atoms with Crippen molar-refractivity contribution in [3.63, 3.8) is 0 Å². The largest absolute Gasteiger partial charge is 0.573 e. The Labute approximate surface area is 104 Å². The molecule has 0 heterocycles. The third-order valence-electron chi connectivity index (χ3n) is 1.96. The Morgan fingerprint density at radius 3 is 2.53 bits per heavy atom. The fraction of sp³-hybridized carbons (Fsp3) is 0.400. The highest BCUT2D eigenvalue weighted by atomic mass is 79.9. The monoisotopic (exact) mass is 314 g/mol. The Morgan fingerprint density at radius 2 is 2.00 bits per heavy atom. The highest BCUT2D eigenvalue weighted by Gasteiger charge is 2.31. The van der Waals surface area contributed by atoms with E-state index < -0.39 is 18.2 Å². The Balaban J connectivity index is 2.94. The smallest absolute Gasteiger partial charge is 0.406 e. The molecule has 0 aliphatic rings. The van der Waals surface area contributed by atoms with Crippen LogP contribution in [0.2, 0.25) is 0 Å². The van der Waals surface area contributed by atoms with Gasteiger partial charge in [-0.25, -0.2) is 0 Å². The van der Waals surface area contributed by atoms with Gasteiger partial charge in [-0.3, -0.25) is 0 Å². The summed E-state index contributed by atoms with van der Waals surface area (Å²) >= 11 is 3.10. The first-order chi connectivity index (χ1) is 7.83. The SMILES string of the molecule is OCC[C@H](O)c1cc(OC(F)(F)F)ccc1Br. The van der Waals surface area contributed by atoms with Crippen molar-refractivity contribution in [2.75, 3.05) is 6.61 Å². The average molecular weight is 315 g/mol. The summed E-state index contributed by atoms with van der Waals surface area (Å²) in [5.74, 6) is -0.410. The lowest BCUT2D eigenvalue weighted by molar-refractivity contribution is -0.274. The lowest BCUT2D eigenvalue weighted by Crippen LogP contribution is -2.17. The molecule has 0 aliphatic carbocycles. The quantitative estimate of drug-likeness (QED) is 0.898. The normalized spacial score (nSPS) is 13.5. The minimum atomic E-state index is -4.77. The molecule has 1 aromatic rings. The molecule has 0 spiro atoms. The van der Waals surface area contributed by atoms with Gasteiger partial charge in [-0.05, 0) is 23.8 Å². The van der Waals surface area contributed by atoms with Crippen molar-refractivity contribution >= 4 is 15.9 Å². The predicted octanol–water partition coefficient (Wildman–Crippen LogP) is 2.76. The van der Waals surface area contributed by atoms with Crippen molar-refractivity contribution in [2.24, 2.45) is 0 Å². The maximum Gasteiger partial charge on any atom is 0.573 e. The van der Waals surface area contributed by atoms with Gasteiger partial charge in [0.1, 0.15) is 5.75 Å². The number of halogens is 4. The molecule has 0 bridgehead atoms. The van der Waals surface area contributed by atoms with Gasteiger partial charge in [0, 0.05) is 17.5 Å². The number of ether oxygens (including phenoxy) is 1. The Bertz CT molecular complexity index is 382. The van der Waals surface area contributed by atoms with E-state index in [2.05, 4.69) is 20.7 Å². The van der Waals surface area contributed by atoms with Crippen LogP contribution in [0.25, 0.3) is 0 Å². The number of aliphatic hydroxyl groups excluding tert-OH is 2. The van der Waals surface area contributed by atoms with Crippen molar-refractivity contribution in [1.82, 2.24) is 0 Å². The molecule has 7 heteroatoms. The number of aliphatic hydroxyl groups is 2. The highest BCUT2D eigenvalue weighted by molar-refractivity contribution is 9.10. The van der Waals surface area contributed by atoms with E-state index in [-0.39, 0.29) is 18.6 Å². The summed E-state index contributed by atoms with van der Waals surface area (Å²) in [4.78, 5) is 0. The van der Waals surface area contributed by atoms with E-state index >= 15 is 0 Å². The predicted molar refractivity (Wildman–Crippen MR) is 57.5 cm³/mol. The third-order valence-corrected chi connectivity index (χ3v) is 2.68. The van der Waals surface area contributed by atoms with Gasteiger partial charge in [-0.2, -0.15) is 0 Å². The van der Waals surface area contributed by atoms with E-state index in [4.69, 9.17) is 5.11 Å². The van der Waals surface area contributed by atoms with Gasteiger partial charge in [-0.15, -0.1) is 13.2 Å². The molecule has 1 rings (SSSR count). The molecule has 0 fully saturated rings. The molecule has 0 amide bonds. The van der Waals surface area contributed by atoms with Gasteiger partial charge in [0.25, 0.3) is 0 Å². The Kier molecular flexibility index (Phi) is 4.79. The van der Waals surface area contributed by atoms with Crippen LogP contribution in [-0.4, -0.2) is 23.2 Å². The summed E-state index contributed by atoms with van der Waals surface area (Å²) in [7, 11) is 0. The van der Waals surface area contributed by atoms with Gasteiger partial charge >= 0.3 is 6.36 Å². The number of rotatable bonds is 4. The molecular formula is C10H10BrF3O3.